The molecule has 0 radical (unpaired) electrons. The number of allylic oxidation sites excluding steroid dienone is 1. The van der Waals surface area contributed by atoms with Crippen molar-refractivity contribution < 1.29 is 4.92 Å². The molecule has 0 amide bonds. The van der Waals surface area contributed by atoms with E-state index < -0.39 is 0 Å². The highest BCUT2D eigenvalue weighted by atomic mass is 16.6. The van der Waals surface area contributed by atoms with Gasteiger partial charge in [0.1, 0.15) is 0 Å². The van der Waals surface area contributed by atoms with Gasteiger partial charge >= 0.3 is 0 Å². The van der Waals surface area contributed by atoms with Gasteiger partial charge in [0.25, 0.3) is 0 Å². The minimum Gasteiger partial charge on any atom is -0.265 e. The van der Waals surface area contributed by atoms with Gasteiger partial charge in [-0.25, -0.2) is 0 Å². The van der Waals surface area contributed by atoms with Crippen LogP contribution in [0.3, 0.4) is 0 Å². The molecule has 1 aliphatic rings. The highest BCUT2D eigenvalue weighted by Gasteiger charge is 2.39. The molecule has 56 valence electrons. The van der Waals surface area contributed by atoms with Crippen LogP contribution in [0.2, 0.25) is 0 Å². The largest absolute Gasteiger partial charge is 0.265 e. The SMILES string of the molecule is C=CC[C@@H]1CC1C[N+](=O)[O-]. The minimum absolute atomic E-state index is 0.151. The minimum atomic E-state index is -0.228. The van der Waals surface area contributed by atoms with Crippen LogP contribution in [0.15, 0.2) is 12.7 Å². The van der Waals surface area contributed by atoms with Gasteiger partial charge in [-0.3, -0.25) is 10.1 Å². The van der Waals surface area contributed by atoms with E-state index in [1.807, 2.05) is 6.08 Å². The van der Waals surface area contributed by atoms with Gasteiger partial charge in [-0.05, 0) is 18.8 Å². The van der Waals surface area contributed by atoms with Crippen molar-refractivity contribution in [3.05, 3.63) is 22.8 Å². The summed E-state index contributed by atoms with van der Waals surface area (Å²) in [6.07, 6.45) is 3.80. The Bertz CT molecular complexity index is 156. The third-order valence-corrected chi connectivity index (χ3v) is 1.92. The van der Waals surface area contributed by atoms with Gasteiger partial charge in [0, 0.05) is 10.8 Å². The van der Waals surface area contributed by atoms with Crippen LogP contribution < -0.4 is 0 Å². The fraction of sp³-hybridized carbons (Fsp3) is 0.714. The summed E-state index contributed by atoms with van der Waals surface area (Å²) in [5.41, 5.74) is 0. The van der Waals surface area contributed by atoms with Crippen molar-refractivity contribution in [1.82, 2.24) is 0 Å². The number of nitrogens with zero attached hydrogens (tertiary/aromatic N) is 1. The van der Waals surface area contributed by atoms with E-state index >= 15 is 0 Å². The second-order valence-electron chi connectivity index (χ2n) is 2.80. The zero-order chi connectivity index (χ0) is 7.56. The Labute approximate surface area is 59.9 Å². The summed E-state index contributed by atoms with van der Waals surface area (Å²) >= 11 is 0. The molecule has 1 aliphatic carbocycles. The molecule has 10 heavy (non-hydrogen) atoms. The first kappa shape index (κ1) is 7.25. The maximum atomic E-state index is 9.98. The molecule has 0 aromatic heterocycles. The topological polar surface area (TPSA) is 43.1 Å². The van der Waals surface area contributed by atoms with Crippen molar-refractivity contribution in [3.8, 4) is 0 Å². The maximum Gasteiger partial charge on any atom is 0.206 e. The summed E-state index contributed by atoms with van der Waals surface area (Å²) in [4.78, 5) is 9.75. The zero-order valence-corrected chi connectivity index (χ0v) is 5.82. The van der Waals surface area contributed by atoms with Crippen LogP contribution >= 0.6 is 0 Å². The average molecular weight is 141 g/mol. The van der Waals surface area contributed by atoms with Crippen molar-refractivity contribution in [2.24, 2.45) is 11.8 Å². The summed E-state index contributed by atoms with van der Waals surface area (Å²) in [6, 6.07) is 0. The van der Waals surface area contributed by atoms with Gasteiger partial charge in [0.05, 0.1) is 0 Å². The summed E-state index contributed by atoms with van der Waals surface area (Å²) < 4.78 is 0. The fourth-order valence-corrected chi connectivity index (χ4v) is 1.23. The molecule has 0 aliphatic heterocycles. The Morgan fingerprint density at radius 2 is 2.40 bits per heavy atom. The lowest BCUT2D eigenvalue weighted by molar-refractivity contribution is -0.484. The summed E-state index contributed by atoms with van der Waals surface area (Å²) in [5.74, 6) is 0.899. The molecule has 1 unspecified atom stereocenters. The van der Waals surface area contributed by atoms with Crippen LogP contribution in [-0.2, 0) is 0 Å². The number of hydrogen-bond acceptors (Lipinski definition) is 2. The predicted molar refractivity (Wildman–Crippen MR) is 38.3 cm³/mol. The van der Waals surface area contributed by atoms with Gasteiger partial charge in [-0.1, -0.05) is 6.08 Å². The van der Waals surface area contributed by atoms with E-state index in [9.17, 15) is 10.1 Å². The van der Waals surface area contributed by atoms with Crippen LogP contribution in [0, 0.1) is 22.0 Å². The van der Waals surface area contributed by atoms with E-state index in [4.69, 9.17) is 0 Å². The van der Waals surface area contributed by atoms with Crippen LogP contribution in [-0.4, -0.2) is 11.5 Å². The molecule has 3 heteroatoms. The normalized spacial score (nSPS) is 29.6. The second kappa shape index (κ2) is 2.82. The summed E-state index contributed by atoms with van der Waals surface area (Å²) in [5, 5.41) is 9.98. The van der Waals surface area contributed by atoms with Crippen molar-refractivity contribution >= 4 is 0 Å². The van der Waals surface area contributed by atoms with Crippen molar-refractivity contribution in [1.29, 1.82) is 0 Å². The van der Waals surface area contributed by atoms with E-state index in [0.29, 0.717) is 11.8 Å². The molecule has 0 saturated heterocycles. The molecular weight excluding hydrogens is 130 g/mol. The Balaban J connectivity index is 2.13. The zero-order valence-electron chi connectivity index (χ0n) is 5.82. The highest BCUT2D eigenvalue weighted by molar-refractivity contribution is 4.90. The molecule has 1 rings (SSSR count). The molecule has 0 N–H and O–H groups in total. The van der Waals surface area contributed by atoms with E-state index in [1.165, 1.54) is 0 Å². The molecule has 2 atom stereocenters. The van der Waals surface area contributed by atoms with Crippen LogP contribution in [0.4, 0.5) is 0 Å². The molecule has 1 saturated carbocycles. The third-order valence-electron chi connectivity index (χ3n) is 1.92. The van der Waals surface area contributed by atoms with Crippen LogP contribution in [0.25, 0.3) is 0 Å². The van der Waals surface area contributed by atoms with Gasteiger partial charge < -0.3 is 0 Å². The Hall–Kier alpha value is -0.860. The summed E-state index contributed by atoms with van der Waals surface area (Å²) in [7, 11) is 0. The lowest BCUT2D eigenvalue weighted by Crippen LogP contribution is -2.03. The Morgan fingerprint density at radius 1 is 1.70 bits per heavy atom. The first-order chi connectivity index (χ1) is 4.74. The number of hydrogen-bond donors (Lipinski definition) is 0. The van der Waals surface area contributed by atoms with Gasteiger partial charge in [-0.15, -0.1) is 6.58 Å². The first-order valence-corrected chi connectivity index (χ1v) is 3.46. The van der Waals surface area contributed by atoms with Crippen LogP contribution in [0.5, 0.6) is 0 Å². The maximum absolute atomic E-state index is 9.98. The van der Waals surface area contributed by atoms with Gasteiger partial charge in [0.15, 0.2) is 0 Å². The lowest BCUT2D eigenvalue weighted by atomic mass is 10.2. The predicted octanol–water partition coefficient (Wildman–Crippen LogP) is 1.48. The third kappa shape index (κ3) is 1.83. The molecule has 3 nitrogen and oxygen atoms in total. The lowest BCUT2D eigenvalue weighted by Gasteiger charge is -1.89. The van der Waals surface area contributed by atoms with E-state index in [-0.39, 0.29) is 11.5 Å². The van der Waals surface area contributed by atoms with Crippen molar-refractivity contribution in [3.63, 3.8) is 0 Å². The number of nitro groups is 1. The molecule has 0 spiro atoms. The Kier molecular flexibility index (Phi) is 2.04. The van der Waals surface area contributed by atoms with Crippen molar-refractivity contribution in [2.75, 3.05) is 6.54 Å². The molecule has 0 aromatic rings. The van der Waals surface area contributed by atoms with Crippen molar-refractivity contribution in [2.45, 2.75) is 12.8 Å². The molecular formula is C7H11NO2. The smallest absolute Gasteiger partial charge is 0.206 e. The monoisotopic (exact) mass is 141 g/mol. The molecule has 0 heterocycles. The highest BCUT2D eigenvalue weighted by Crippen LogP contribution is 2.41. The molecule has 0 bridgehead atoms. The van der Waals surface area contributed by atoms with E-state index in [1.54, 1.807) is 0 Å². The van der Waals surface area contributed by atoms with E-state index in [0.717, 1.165) is 12.8 Å². The van der Waals surface area contributed by atoms with E-state index in [2.05, 4.69) is 6.58 Å². The molecule has 0 aromatic carbocycles. The van der Waals surface area contributed by atoms with Gasteiger partial charge in [-0.2, -0.15) is 0 Å². The standard InChI is InChI=1S/C7H11NO2/c1-2-3-6-4-7(6)5-8(9)10/h2,6-7H,1,3-5H2/t6-,7?/m1/s1. The molecule has 1 fully saturated rings. The second-order valence-corrected chi connectivity index (χ2v) is 2.80. The van der Waals surface area contributed by atoms with Crippen LogP contribution in [0.1, 0.15) is 12.8 Å². The average Bonchev–Trinajstić information content (AvgIpc) is 2.47. The Morgan fingerprint density at radius 3 is 2.90 bits per heavy atom. The fourth-order valence-electron chi connectivity index (χ4n) is 1.23. The quantitative estimate of drug-likeness (QED) is 0.338. The first-order valence-electron chi connectivity index (χ1n) is 3.46. The summed E-state index contributed by atoms with van der Waals surface area (Å²) in [6.45, 7) is 3.74. The van der Waals surface area contributed by atoms with Gasteiger partial charge in [0.2, 0.25) is 6.54 Å². The number of rotatable bonds is 4.